The van der Waals surface area contributed by atoms with Crippen LogP contribution in [0.25, 0.3) is 0 Å². The van der Waals surface area contributed by atoms with Crippen molar-refractivity contribution in [1.29, 1.82) is 0 Å². The average molecular weight is 284 g/mol. The van der Waals surface area contributed by atoms with Crippen LogP contribution in [0.3, 0.4) is 0 Å². The molecular weight excluding hydrogens is 264 g/mol. The molecule has 0 aliphatic heterocycles. The first-order valence-corrected chi connectivity index (χ1v) is 7.18. The molecule has 21 heavy (non-hydrogen) atoms. The molecule has 0 bridgehead atoms. The molecule has 2 N–H and O–H groups in total. The van der Waals surface area contributed by atoms with Gasteiger partial charge in [-0.15, -0.1) is 0 Å². The van der Waals surface area contributed by atoms with E-state index in [0.29, 0.717) is 11.7 Å². The lowest BCUT2D eigenvalue weighted by Gasteiger charge is -2.05. The van der Waals surface area contributed by atoms with Crippen LogP contribution in [0.1, 0.15) is 23.6 Å². The maximum Gasteiger partial charge on any atom is 0.229 e. The summed E-state index contributed by atoms with van der Waals surface area (Å²) in [6.07, 6.45) is 0.921. The number of nitrogens with zero attached hydrogens (tertiary/aromatic N) is 2. The van der Waals surface area contributed by atoms with Crippen molar-refractivity contribution in [2.75, 3.05) is 19.4 Å². The Kier molecular flexibility index (Phi) is 3.75. The molecule has 1 aromatic carbocycles. The Morgan fingerprint density at radius 3 is 2.86 bits per heavy atom. The zero-order valence-corrected chi connectivity index (χ0v) is 12.3. The number of aromatic amines is 1. The molecule has 1 aromatic heterocycles. The number of H-pyrrole nitrogens is 1. The third kappa shape index (κ3) is 3.31. The van der Waals surface area contributed by atoms with E-state index >= 15 is 0 Å². The Morgan fingerprint density at radius 2 is 2.14 bits per heavy atom. The minimum absolute atomic E-state index is 0.0618. The molecule has 1 amide bonds. The first kappa shape index (κ1) is 13.8. The summed E-state index contributed by atoms with van der Waals surface area (Å²) in [7, 11) is 3.99. The summed E-state index contributed by atoms with van der Waals surface area (Å²) in [5.41, 5.74) is 2.23. The molecule has 2 atom stereocenters. The van der Waals surface area contributed by atoms with Crippen molar-refractivity contribution in [2.45, 2.75) is 18.9 Å². The largest absolute Gasteiger partial charge is 0.309 e. The smallest absolute Gasteiger partial charge is 0.229 e. The van der Waals surface area contributed by atoms with Gasteiger partial charge in [-0.25, -0.2) is 0 Å². The van der Waals surface area contributed by atoms with Crippen LogP contribution in [0.4, 0.5) is 5.82 Å². The van der Waals surface area contributed by atoms with E-state index in [4.69, 9.17) is 0 Å². The van der Waals surface area contributed by atoms with Crippen molar-refractivity contribution in [3.05, 3.63) is 47.7 Å². The average Bonchev–Trinajstić information content (AvgIpc) is 3.16. The van der Waals surface area contributed by atoms with Gasteiger partial charge in [0, 0.05) is 18.5 Å². The molecule has 1 saturated carbocycles. The second kappa shape index (κ2) is 5.69. The van der Waals surface area contributed by atoms with Crippen molar-refractivity contribution >= 4 is 11.7 Å². The number of nitrogens with one attached hydrogen (secondary N) is 2. The third-order valence-electron chi connectivity index (χ3n) is 3.72. The van der Waals surface area contributed by atoms with Crippen molar-refractivity contribution in [1.82, 2.24) is 15.1 Å². The first-order chi connectivity index (χ1) is 10.1. The van der Waals surface area contributed by atoms with Crippen LogP contribution < -0.4 is 5.32 Å². The standard InChI is InChI=1S/C16H20N4O/c1-20(2)10-12-8-15(19-18-12)17-16(21)14-9-13(14)11-6-4-3-5-7-11/h3-8,13-14H,9-10H2,1-2H3,(H2,17,18,19,21). The number of carbonyl (C=O) groups excluding carboxylic acids is 1. The number of carbonyl (C=O) groups is 1. The Labute approximate surface area is 124 Å². The molecule has 2 unspecified atom stereocenters. The van der Waals surface area contributed by atoms with E-state index in [1.807, 2.05) is 43.3 Å². The summed E-state index contributed by atoms with van der Waals surface area (Å²) in [4.78, 5) is 14.3. The monoisotopic (exact) mass is 284 g/mol. The van der Waals surface area contributed by atoms with Gasteiger partial charge in [0.25, 0.3) is 0 Å². The summed E-state index contributed by atoms with van der Waals surface area (Å²) in [6.45, 7) is 0.777. The van der Waals surface area contributed by atoms with Crippen molar-refractivity contribution < 1.29 is 4.79 Å². The van der Waals surface area contributed by atoms with Gasteiger partial charge >= 0.3 is 0 Å². The second-order valence-corrected chi connectivity index (χ2v) is 5.86. The number of amides is 1. The van der Waals surface area contributed by atoms with Crippen LogP contribution in [0.2, 0.25) is 0 Å². The Balaban J connectivity index is 1.57. The van der Waals surface area contributed by atoms with Gasteiger partial charge in [-0.1, -0.05) is 30.3 Å². The van der Waals surface area contributed by atoms with Gasteiger partial charge in [0.2, 0.25) is 5.91 Å². The maximum absolute atomic E-state index is 12.2. The summed E-state index contributed by atoms with van der Waals surface area (Å²) in [5, 5.41) is 9.97. The Hall–Kier alpha value is -2.14. The lowest BCUT2D eigenvalue weighted by molar-refractivity contribution is -0.117. The zero-order chi connectivity index (χ0) is 14.8. The molecule has 2 aromatic rings. The molecule has 1 fully saturated rings. The van der Waals surface area contributed by atoms with Gasteiger partial charge in [0.05, 0.1) is 5.69 Å². The minimum Gasteiger partial charge on any atom is -0.309 e. The highest BCUT2D eigenvalue weighted by molar-refractivity contribution is 5.94. The fraction of sp³-hybridized carbons (Fsp3) is 0.375. The second-order valence-electron chi connectivity index (χ2n) is 5.86. The van der Waals surface area contributed by atoms with Gasteiger partial charge in [-0.2, -0.15) is 5.10 Å². The molecule has 5 nitrogen and oxygen atoms in total. The van der Waals surface area contributed by atoms with E-state index in [1.54, 1.807) is 0 Å². The van der Waals surface area contributed by atoms with Crippen molar-refractivity contribution in [3.8, 4) is 0 Å². The van der Waals surface area contributed by atoms with Gasteiger partial charge in [-0.3, -0.25) is 9.89 Å². The van der Waals surface area contributed by atoms with E-state index < -0.39 is 0 Å². The van der Waals surface area contributed by atoms with Gasteiger partial charge < -0.3 is 10.2 Å². The fourth-order valence-electron chi connectivity index (χ4n) is 2.62. The summed E-state index contributed by atoms with van der Waals surface area (Å²) < 4.78 is 0. The highest BCUT2D eigenvalue weighted by atomic mass is 16.2. The number of aromatic nitrogens is 2. The normalized spacial score (nSPS) is 20.5. The van der Waals surface area contributed by atoms with Crippen LogP contribution in [0.5, 0.6) is 0 Å². The lowest BCUT2D eigenvalue weighted by atomic mass is 10.1. The number of benzene rings is 1. The molecule has 1 heterocycles. The van der Waals surface area contributed by atoms with Crippen molar-refractivity contribution in [2.24, 2.45) is 5.92 Å². The number of hydrogen-bond donors (Lipinski definition) is 2. The number of hydrogen-bond acceptors (Lipinski definition) is 3. The number of rotatable bonds is 5. The van der Waals surface area contributed by atoms with E-state index in [2.05, 4.69) is 27.6 Å². The van der Waals surface area contributed by atoms with E-state index in [1.165, 1.54) is 5.56 Å². The van der Waals surface area contributed by atoms with Gasteiger partial charge in [0.1, 0.15) is 0 Å². The number of anilines is 1. The summed E-state index contributed by atoms with van der Waals surface area (Å²) in [5.74, 6) is 1.09. The highest BCUT2D eigenvalue weighted by Crippen LogP contribution is 2.47. The van der Waals surface area contributed by atoms with Crippen LogP contribution >= 0.6 is 0 Å². The molecule has 0 saturated heterocycles. The fourth-order valence-corrected chi connectivity index (χ4v) is 2.62. The predicted octanol–water partition coefficient (Wildman–Crippen LogP) is 2.21. The molecule has 110 valence electrons. The molecule has 5 heteroatoms. The predicted molar refractivity (Wildman–Crippen MR) is 81.9 cm³/mol. The molecule has 3 rings (SSSR count). The SMILES string of the molecule is CN(C)Cc1cc(NC(=O)C2CC2c2ccccc2)n[nH]1. The van der Waals surface area contributed by atoms with Gasteiger partial charge in [0.15, 0.2) is 5.82 Å². The molecule has 0 radical (unpaired) electrons. The van der Waals surface area contributed by atoms with Crippen LogP contribution in [-0.4, -0.2) is 35.1 Å². The summed E-state index contributed by atoms with van der Waals surface area (Å²) >= 11 is 0. The molecular formula is C16H20N4O. The van der Waals surface area contributed by atoms with Gasteiger partial charge in [-0.05, 0) is 32.0 Å². The van der Waals surface area contributed by atoms with Crippen LogP contribution in [-0.2, 0) is 11.3 Å². The lowest BCUT2D eigenvalue weighted by Crippen LogP contribution is -2.14. The van der Waals surface area contributed by atoms with Crippen LogP contribution in [0.15, 0.2) is 36.4 Å². The topological polar surface area (TPSA) is 61.0 Å². The molecule has 1 aliphatic rings. The van der Waals surface area contributed by atoms with Crippen LogP contribution in [0, 0.1) is 5.92 Å². The highest BCUT2D eigenvalue weighted by Gasteiger charge is 2.43. The third-order valence-corrected chi connectivity index (χ3v) is 3.72. The molecule has 1 aliphatic carbocycles. The minimum atomic E-state index is 0.0618. The van der Waals surface area contributed by atoms with E-state index in [-0.39, 0.29) is 11.8 Å². The quantitative estimate of drug-likeness (QED) is 0.885. The Bertz CT molecular complexity index is 620. The summed E-state index contributed by atoms with van der Waals surface area (Å²) in [6, 6.07) is 12.1. The van der Waals surface area contributed by atoms with Crippen molar-refractivity contribution in [3.63, 3.8) is 0 Å². The van der Waals surface area contributed by atoms with E-state index in [0.717, 1.165) is 18.7 Å². The zero-order valence-electron chi connectivity index (χ0n) is 12.3. The first-order valence-electron chi connectivity index (χ1n) is 7.18. The van der Waals surface area contributed by atoms with E-state index in [9.17, 15) is 4.79 Å². The molecule has 0 spiro atoms. The maximum atomic E-state index is 12.2. The Morgan fingerprint density at radius 1 is 1.38 bits per heavy atom.